The third kappa shape index (κ3) is 2.90. The van der Waals surface area contributed by atoms with E-state index in [1.165, 1.54) is 4.90 Å². The second-order valence-corrected chi connectivity index (χ2v) is 5.04. The molecule has 1 fully saturated rings. The number of nitrogens with one attached hydrogen (secondary N) is 1. The Bertz CT molecular complexity index is 436. The summed E-state index contributed by atoms with van der Waals surface area (Å²) in [4.78, 5) is 25.1. The first-order valence-corrected chi connectivity index (χ1v) is 7.06. The van der Waals surface area contributed by atoms with Crippen molar-refractivity contribution in [2.75, 3.05) is 5.33 Å². The molecule has 1 saturated heterocycles. The molecule has 18 heavy (non-hydrogen) atoms. The van der Waals surface area contributed by atoms with Gasteiger partial charge in [-0.25, -0.2) is 4.79 Å². The molecule has 0 bridgehead atoms. The van der Waals surface area contributed by atoms with E-state index in [9.17, 15) is 9.59 Å². The molecule has 0 radical (unpaired) electrons. The SMILES string of the molecule is O=C1NC(CCCBr)C(=O)N1Cc1ccccc1. The molecule has 1 aromatic rings. The molecule has 1 aliphatic heterocycles. The van der Waals surface area contributed by atoms with Gasteiger partial charge in [0.15, 0.2) is 0 Å². The van der Waals surface area contributed by atoms with Crippen molar-refractivity contribution >= 4 is 27.9 Å². The normalized spacial score (nSPS) is 19.2. The summed E-state index contributed by atoms with van der Waals surface area (Å²) >= 11 is 3.32. The Morgan fingerprint density at radius 1 is 1.22 bits per heavy atom. The number of carbonyl (C=O) groups excluding carboxylic acids is 2. The van der Waals surface area contributed by atoms with Gasteiger partial charge in [-0.15, -0.1) is 0 Å². The highest BCUT2D eigenvalue weighted by Crippen LogP contribution is 2.15. The van der Waals surface area contributed by atoms with Crippen LogP contribution in [0.1, 0.15) is 18.4 Å². The van der Waals surface area contributed by atoms with Gasteiger partial charge in [0.25, 0.3) is 5.91 Å². The lowest BCUT2D eigenvalue weighted by Crippen LogP contribution is -2.31. The molecule has 1 heterocycles. The van der Waals surface area contributed by atoms with Crippen LogP contribution in [-0.4, -0.2) is 28.2 Å². The zero-order chi connectivity index (χ0) is 13.0. The minimum Gasteiger partial charge on any atom is -0.326 e. The van der Waals surface area contributed by atoms with Gasteiger partial charge in [-0.2, -0.15) is 0 Å². The zero-order valence-corrected chi connectivity index (χ0v) is 11.5. The van der Waals surface area contributed by atoms with Crippen molar-refractivity contribution < 1.29 is 9.59 Å². The number of imide groups is 1. The van der Waals surface area contributed by atoms with Gasteiger partial charge in [0, 0.05) is 5.33 Å². The van der Waals surface area contributed by atoms with Gasteiger partial charge in [0.05, 0.1) is 6.54 Å². The predicted octanol–water partition coefficient (Wildman–Crippen LogP) is 2.28. The van der Waals surface area contributed by atoms with E-state index < -0.39 is 0 Å². The molecule has 1 aliphatic rings. The first kappa shape index (κ1) is 13.1. The summed E-state index contributed by atoms with van der Waals surface area (Å²) in [7, 11) is 0. The van der Waals surface area contributed by atoms with Crippen LogP contribution in [0.25, 0.3) is 0 Å². The first-order chi connectivity index (χ1) is 8.72. The van der Waals surface area contributed by atoms with Crippen molar-refractivity contribution in [3.05, 3.63) is 35.9 Å². The molecule has 1 atom stereocenters. The standard InChI is InChI=1S/C13H15BrN2O2/c14-8-4-7-11-12(17)16(13(18)15-11)9-10-5-2-1-3-6-10/h1-3,5-6,11H,4,7-9H2,(H,15,18). The van der Waals surface area contributed by atoms with Gasteiger partial charge >= 0.3 is 6.03 Å². The minimum atomic E-state index is -0.362. The van der Waals surface area contributed by atoms with Gasteiger partial charge < -0.3 is 5.32 Å². The largest absolute Gasteiger partial charge is 0.326 e. The van der Waals surface area contributed by atoms with Crippen molar-refractivity contribution in [3.63, 3.8) is 0 Å². The number of alkyl halides is 1. The van der Waals surface area contributed by atoms with E-state index in [2.05, 4.69) is 21.2 Å². The molecule has 96 valence electrons. The van der Waals surface area contributed by atoms with Crippen molar-refractivity contribution in [1.82, 2.24) is 10.2 Å². The van der Waals surface area contributed by atoms with Crippen LogP contribution in [0.5, 0.6) is 0 Å². The second kappa shape index (κ2) is 6.00. The molecule has 2 rings (SSSR count). The number of benzene rings is 1. The van der Waals surface area contributed by atoms with E-state index in [1.54, 1.807) is 0 Å². The van der Waals surface area contributed by atoms with Crippen LogP contribution < -0.4 is 5.32 Å². The summed E-state index contributed by atoms with van der Waals surface area (Å²) in [6.07, 6.45) is 1.55. The van der Waals surface area contributed by atoms with Crippen molar-refractivity contribution in [3.8, 4) is 0 Å². The van der Waals surface area contributed by atoms with E-state index in [1.807, 2.05) is 30.3 Å². The molecule has 1 N–H and O–H groups in total. The van der Waals surface area contributed by atoms with E-state index >= 15 is 0 Å². The maximum absolute atomic E-state index is 12.1. The Morgan fingerprint density at radius 3 is 2.61 bits per heavy atom. The number of nitrogens with zero attached hydrogens (tertiary/aromatic N) is 1. The average Bonchev–Trinajstić information content (AvgIpc) is 2.65. The quantitative estimate of drug-likeness (QED) is 0.670. The molecule has 0 aliphatic carbocycles. The maximum Gasteiger partial charge on any atom is 0.325 e. The van der Waals surface area contributed by atoms with Gasteiger partial charge in [0.2, 0.25) is 0 Å². The Morgan fingerprint density at radius 2 is 1.94 bits per heavy atom. The summed E-state index contributed by atoms with van der Waals surface area (Å²) in [5, 5.41) is 3.56. The smallest absolute Gasteiger partial charge is 0.325 e. The number of urea groups is 1. The summed E-state index contributed by atoms with van der Waals surface area (Å²) in [6, 6.07) is 8.88. The van der Waals surface area contributed by atoms with E-state index in [0.717, 1.165) is 17.3 Å². The van der Waals surface area contributed by atoms with Crippen molar-refractivity contribution in [2.24, 2.45) is 0 Å². The van der Waals surface area contributed by atoms with Crippen molar-refractivity contribution in [1.29, 1.82) is 0 Å². The number of hydrogen-bond donors (Lipinski definition) is 1. The Hall–Kier alpha value is -1.36. The molecule has 4 nitrogen and oxygen atoms in total. The maximum atomic E-state index is 12.1. The lowest BCUT2D eigenvalue weighted by Gasteiger charge is -2.12. The number of rotatable bonds is 5. The molecule has 1 unspecified atom stereocenters. The summed E-state index contributed by atoms with van der Waals surface area (Å²) in [6.45, 7) is 0.344. The molecule has 0 aromatic heterocycles. The second-order valence-electron chi connectivity index (χ2n) is 4.24. The van der Waals surface area contributed by atoms with Crippen LogP contribution in [0.15, 0.2) is 30.3 Å². The molecular formula is C13H15BrN2O2. The monoisotopic (exact) mass is 310 g/mol. The Balaban J connectivity index is 2.01. The van der Waals surface area contributed by atoms with Crippen LogP contribution in [0.3, 0.4) is 0 Å². The number of halogens is 1. The molecular weight excluding hydrogens is 296 g/mol. The highest BCUT2D eigenvalue weighted by atomic mass is 79.9. The predicted molar refractivity (Wildman–Crippen MR) is 72.3 cm³/mol. The van der Waals surface area contributed by atoms with Crippen LogP contribution in [0.4, 0.5) is 4.79 Å². The van der Waals surface area contributed by atoms with E-state index in [-0.39, 0.29) is 18.0 Å². The minimum absolute atomic E-state index is 0.121. The van der Waals surface area contributed by atoms with Gasteiger partial charge in [-0.3, -0.25) is 9.69 Å². The van der Waals surface area contributed by atoms with Crippen LogP contribution in [0.2, 0.25) is 0 Å². The summed E-state index contributed by atoms with van der Waals surface area (Å²) < 4.78 is 0. The van der Waals surface area contributed by atoms with Crippen LogP contribution in [0, 0.1) is 0 Å². The van der Waals surface area contributed by atoms with Crippen molar-refractivity contribution in [2.45, 2.75) is 25.4 Å². The number of hydrogen-bond acceptors (Lipinski definition) is 2. The van der Waals surface area contributed by atoms with E-state index in [0.29, 0.717) is 13.0 Å². The Kier molecular flexibility index (Phi) is 4.36. The highest BCUT2D eigenvalue weighted by molar-refractivity contribution is 9.09. The fourth-order valence-electron chi connectivity index (χ4n) is 1.97. The van der Waals surface area contributed by atoms with Gasteiger partial charge in [-0.1, -0.05) is 46.3 Å². The molecule has 5 heteroatoms. The van der Waals surface area contributed by atoms with E-state index in [4.69, 9.17) is 0 Å². The number of amides is 3. The lowest BCUT2D eigenvalue weighted by molar-refractivity contribution is -0.128. The van der Waals surface area contributed by atoms with Gasteiger partial charge in [0.1, 0.15) is 6.04 Å². The average molecular weight is 311 g/mol. The van der Waals surface area contributed by atoms with Gasteiger partial charge in [-0.05, 0) is 18.4 Å². The fraction of sp³-hybridized carbons (Fsp3) is 0.385. The van der Waals surface area contributed by atoms with Crippen LogP contribution >= 0.6 is 15.9 Å². The summed E-state index contributed by atoms with van der Waals surface area (Å²) in [5.41, 5.74) is 0.960. The fourth-order valence-corrected chi connectivity index (χ4v) is 2.29. The molecule has 0 saturated carbocycles. The topological polar surface area (TPSA) is 49.4 Å². The molecule has 1 aromatic carbocycles. The lowest BCUT2D eigenvalue weighted by atomic mass is 10.1. The zero-order valence-electron chi connectivity index (χ0n) is 9.93. The highest BCUT2D eigenvalue weighted by Gasteiger charge is 2.37. The Labute approximate surface area is 114 Å². The summed E-state index contributed by atoms with van der Waals surface area (Å²) in [5.74, 6) is -0.121. The molecule has 0 spiro atoms. The number of carbonyl (C=O) groups is 2. The first-order valence-electron chi connectivity index (χ1n) is 5.94. The van der Waals surface area contributed by atoms with Crippen LogP contribution in [-0.2, 0) is 11.3 Å². The third-order valence-electron chi connectivity index (χ3n) is 2.92. The molecule has 3 amide bonds. The third-order valence-corrected chi connectivity index (χ3v) is 3.48.